The van der Waals surface area contributed by atoms with Crippen LogP contribution in [-0.4, -0.2) is 25.8 Å². The summed E-state index contributed by atoms with van der Waals surface area (Å²) in [5, 5.41) is 3.52. The summed E-state index contributed by atoms with van der Waals surface area (Å²) in [6.45, 7) is 0. The molecule has 2 aliphatic rings. The van der Waals surface area contributed by atoms with Crippen LogP contribution in [-0.2, 0) is 4.74 Å². The number of nitrogens with one attached hydrogen (secondary N) is 1. The van der Waals surface area contributed by atoms with Crippen molar-refractivity contribution in [1.29, 1.82) is 0 Å². The molecular weight excluding hydrogens is 210 g/mol. The van der Waals surface area contributed by atoms with E-state index in [9.17, 15) is 0 Å². The second-order valence-corrected chi connectivity index (χ2v) is 5.58. The molecule has 1 fully saturated rings. The minimum atomic E-state index is 0.0970. The van der Waals surface area contributed by atoms with Crippen LogP contribution in [0.25, 0.3) is 0 Å². The molecule has 0 spiro atoms. The lowest BCUT2D eigenvalue weighted by Crippen LogP contribution is -2.56. The van der Waals surface area contributed by atoms with Gasteiger partial charge in [0.25, 0.3) is 0 Å². The molecule has 17 heavy (non-hydrogen) atoms. The van der Waals surface area contributed by atoms with E-state index >= 15 is 0 Å². The van der Waals surface area contributed by atoms with Gasteiger partial charge in [-0.15, -0.1) is 0 Å². The van der Waals surface area contributed by atoms with Crippen molar-refractivity contribution in [3.05, 3.63) is 11.6 Å². The lowest BCUT2D eigenvalue weighted by Gasteiger charge is -2.47. The van der Waals surface area contributed by atoms with Crippen LogP contribution in [0.4, 0.5) is 0 Å². The van der Waals surface area contributed by atoms with E-state index in [-0.39, 0.29) is 5.60 Å². The SMILES string of the molecule is CNC(C1=CCCCCCC1)C1(OC)CCC1. The normalized spacial score (nSPS) is 26.4. The molecule has 0 aliphatic heterocycles. The first-order chi connectivity index (χ1) is 8.32. The first-order valence-electron chi connectivity index (χ1n) is 7.24. The highest BCUT2D eigenvalue weighted by Gasteiger charge is 2.45. The molecule has 0 bridgehead atoms. The van der Waals surface area contributed by atoms with Crippen molar-refractivity contribution >= 4 is 0 Å². The highest BCUT2D eigenvalue weighted by Crippen LogP contribution is 2.41. The molecule has 0 aromatic rings. The van der Waals surface area contributed by atoms with Gasteiger partial charge in [0, 0.05) is 7.11 Å². The lowest BCUT2D eigenvalue weighted by molar-refractivity contribution is -0.0891. The van der Waals surface area contributed by atoms with E-state index in [0.29, 0.717) is 6.04 Å². The third-order valence-corrected chi connectivity index (χ3v) is 4.62. The Bertz CT molecular complexity index is 263. The fourth-order valence-corrected chi connectivity index (χ4v) is 3.40. The summed E-state index contributed by atoms with van der Waals surface area (Å²) >= 11 is 0. The van der Waals surface area contributed by atoms with Crippen LogP contribution >= 0.6 is 0 Å². The molecule has 2 aliphatic carbocycles. The average molecular weight is 237 g/mol. The quantitative estimate of drug-likeness (QED) is 0.756. The minimum Gasteiger partial charge on any atom is -0.376 e. The number of allylic oxidation sites excluding steroid dienone is 1. The van der Waals surface area contributed by atoms with Crippen LogP contribution < -0.4 is 5.32 Å². The van der Waals surface area contributed by atoms with E-state index in [1.807, 2.05) is 7.11 Å². The Labute approximate surface area is 106 Å². The van der Waals surface area contributed by atoms with Gasteiger partial charge in [-0.25, -0.2) is 0 Å². The van der Waals surface area contributed by atoms with Crippen molar-refractivity contribution in [2.45, 2.75) is 69.4 Å². The van der Waals surface area contributed by atoms with Gasteiger partial charge in [-0.05, 0) is 52.0 Å². The Hall–Kier alpha value is -0.340. The fraction of sp³-hybridized carbons (Fsp3) is 0.867. The third kappa shape index (κ3) is 2.74. The fourth-order valence-electron chi connectivity index (χ4n) is 3.40. The van der Waals surface area contributed by atoms with E-state index in [4.69, 9.17) is 4.74 Å². The van der Waals surface area contributed by atoms with E-state index in [1.165, 1.54) is 57.8 Å². The zero-order chi connectivity index (χ0) is 12.1. The Morgan fingerprint density at radius 1 is 1.18 bits per heavy atom. The summed E-state index contributed by atoms with van der Waals surface area (Å²) in [5.41, 5.74) is 1.70. The van der Waals surface area contributed by atoms with Crippen LogP contribution in [0.5, 0.6) is 0 Å². The van der Waals surface area contributed by atoms with E-state index in [1.54, 1.807) is 5.57 Å². The third-order valence-electron chi connectivity index (χ3n) is 4.62. The smallest absolute Gasteiger partial charge is 0.0869 e. The summed E-state index contributed by atoms with van der Waals surface area (Å²) < 4.78 is 5.85. The van der Waals surface area contributed by atoms with Gasteiger partial charge in [0.1, 0.15) is 0 Å². The highest BCUT2D eigenvalue weighted by molar-refractivity contribution is 5.20. The van der Waals surface area contributed by atoms with Crippen LogP contribution in [0.15, 0.2) is 11.6 Å². The monoisotopic (exact) mass is 237 g/mol. The van der Waals surface area contributed by atoms with Gasteiger partial charge < -0.3 is 10.1 Å². The van der Waals surface area contributed by atoms with Gasteiger partial charge >= 0.3 is 0 Å². The number of likely N-dealkylation sites (N-methyl/N-ethyl adjacent to an activating group) is 1. The number of methoxy groups -OCH3 is 1. The number of rotatable bonds is 4. The molecule has 98 valence electrons. The van der Waals surface area contributed by atoms with Crippen LogP contribution in [0.1, 0.15) is 57.8 Å². The molecule has 0 amide bonds. The van der Waals surface area contributed by atoms with Crippen molar-refractivity contribution in [3.63, 3.8) is 0 Å². The summed E-state index contributed by atoms with van der Waals surface area (Å²) in [4.78, 5) is 0. The summed E-state index contributed by atoms with van der Waals surface area (Å²) in [5.74, 6) is 0. The molecule has 2 nitrogen and oxygen atoms in total. The van der Waals surface area contributed by atoms with Crippen molar-refractivity contribution < 1.29 is 4.74 Å². The molecule has 1 atom stereocenters. The van der Waals surface area contributed by atoms with E-state index in [0.717, 1.165) is 0 Å². The van der Waals surface area contributed by atoms with Gasteiger partial charge in [0.15, 0.2) is 0 Å². The number of hydrogen-bond donors (Lipinski definition) is 1. The second-order valence-electron chi connectivity index (χ2n) is 5.58. The van der Waals surface area contributed by atoms with Gasteiger partial charge in [-0.2, -0.15) is 0 Å². The Morgan fingerprint density at radius 2 is 1.94 bits per heavy atom. The van der Waals surface area contributed by atoms with E-state index < -0.39 is 0 Å². The summed E-state index contributed by atoms with van der Waals surface area (Å²) in [6, 6.07) is 0.444. The van der Waals surface area contributed by atoms with Gasteiger partial charge in [0.2, 0.25) is 0 Å². The number of hydrogen-bond acceptors (Lipinski definition) is 2. The molecule has 0 aromatic carbocycles. The first-order valence-corrected chi connectivity index (χ1v) is 7.24. The van der Waals surface area contributed by atoms with Gasteiger partial charge in [-0.1, -0.05) is 24.5 Å². The van der Waals surface area contributed by atoms with Crippen LogP contribution in [0, 0.1) is 0 Å². The molecule has 0 saturated heterocycles. The number of ether oxygens (including phenoxy) is 1. The molecule has 1 saturated carbocycles. The summed E-state index contributed by atoms with van der Waals surface area (Å²) in [6.07, 6.45) is 14.3. The lowest BCUT2D eigenvalue weighted by atomic mass is 9.71. The molecule has 0 radical (unpaired) electrons. The predicted molar refractivity (Wildman–Crippen MR) is 72.2 cm³/mol. The van der Waals surface area contributed by atoms with Crippen molar-refractivity contribution in [1.82, 2.24) is 5.32 Å². The second kappa shape index (κ2) is 6.01. The maximum absolute atomic E-state index is 5.85. The molecule has 1 N–H and O–H groups in total. The molecular formula is C15H27NO. The minimum absolute atomic E-state index is 0.0970. The van der Waals surface area contributed by atoms with Crippen LogP contribution in [0.3, 0.4) is 0 Å². The Balaban J connectivity index is 2.10. The zero-order valence-electron chi connectivity index (χ0n) is 11.4. The summed E-state index contributed by atoms with van der Waals surface area (Å²) in [7, 11) is 3.97. The molecule has 2 rings (SSSR count). The van der Waals surface area contributed by atoms with Gasteiger partial charge in [-0.3, -0.25) is 0 Å². The maximum Gasteiger partial charge on any atom is 0.0869 e. The Kier molecular flexibility index (Phi) is 4.63. The average Bonchev–Trinajstić information content (AvgIpc) is 2.24. The molecule has 0 heterocycles. The maximum atomic E-state index is 5.85. The largest absolute Gasteiger partial charge is 0.376 e. The highest BCUT2D eigenvalue weighted by atomic mass is 16.5. The van der Waals surface area contributed by atoms with Crippen LogP contribution in [0.2, 0.25) is 0 Å². The zero-order valence-corrected chi connectivity index (χ0v) is 11.4. The van der Waals surface area contributed by atoms with Crippen molar-refractivity contribution in [2.75, 3.05) is 14.2 Å². The van der Waals surface area contributed by atoms with Gasteiger partial charge in [0.05, 0.1) is 11.6 Å². The predicted octanol–water partition coefficient (Wildman–Crippen LogP) is 3.42. The van der Waals surface area contributed by atoms with E-state index in [2.05, 4.69) is 18.4 Å². The van der Waals surface area contributed by atoms with Crippen molar-refractivity contribution in [3.8, 4) is 0 Å². The molecule has 1 unspecified atom stereocenters. The topological polar surface area (TPSA) is 21.3 Å². The molecule has 0 aromatic heterocycles. The standard InChI is InChI=1S/C15H27NO/c1-16-14(15(17-2)11-8-12-15)13-9-6-4-3-5-7-10-13/h9,14,16H,3-8,10-12H2,1-2H3. The molecule has 2 heteroatoms. The first kappa shape index (κ1) is 13.1. The van der Waals surface area contributed by atoms with Crippen molar-refractivity contribution in [2.24, 2.45) is 0 Å². The Morgan fingerprint density at radius 3 is 2.53 bits per heavy atom.